The van der Waals surface area contributed by atoms with Gasteiger partial charge in [0.25, 0.3) is 0 Å². The summed E-state index contributed by atoms with van der Waals surface area (Å²) in [5.74, 6) is 0.674. The molecule has 2 aromatic carbocycles. The molecule has 0 amide bonds. The first-order valence-electron chi connectivity index (χ1n) is 10.2. The number of allylic oxidation sites excluding steroid dienone is 3. The average Bonchev–Trinajstić information content (AvgIpc) is 2.75. The summed E-state index contributed by atoms with van der Waals surface area (Å²) >= 11 is 0. The van der Waals surface area contributed by atoms with Crippen molar-refractivity contribution in [2.75, 3.05) is 0 Å². The Hall–Kier alpha value is -2.40. The number of hydrogen-bond donors (Lipinski definition) is 3. The lowest BCUT2D eigenvalue weighted by Gasteiger charge is -2.20. The Kier molecular flexibility index (Phi) is 8.65. The molecule has 4 nitrogen and oxygen atoms in total. The van der Waals surface area contributed by atoms with Crippen LogP contribution in [0.15, 0.2) is 66.8 Å². The second-order valence-corrected chi connectivity index (χ2v) is 7.15. The maximum absolute atomic E-state index is 10.4. The maximum Gasteiger partial charge on any atom is 0.178 e. The first-order chi connectivity index (χ1) is 13.9. The van der Waals surface area contributed by atoms with Crippen molar-refractivity contribution in [1.82, 2.24) is 0 Å². The molecule has 2 aromatic rings. The summed E-state index contributed by atoms with van der Waals surface area (Å²) < 4.78 is 5.82. The summed E-state index contributed by atoms with van der Waals surface area (Å²) in [4.78, 5) is 0. The van der Waals surface area contributed by atoms with Crippen molar-refractivity contribution in [3.05, 3.63) is 83.4 Å². The number of hydrogen-bond acceptors (Lipinski definition) is 4. The Balaban J connectivity index is 2.08. The van der Waals surface area contributed by atoms with E-state index in [1.165, 1.54) is 5.57 Å². The number of aliphatic hydroxyl groups excluding tert-OH is 1. The SMILES string of the molecule is CCC(=CC=CC(O)(CC)CC)c1cccc(COc2ccc(C(O)O)cc2)c1. The predicted octanol–water partition coefficient (Wildman–Crippen LogP) is 5.15. The van der Waals surface area contributed by atoms with E-state index in [4.69, 9.17) is 14.9 Å². The number of aliphatic hydroxyl groups is 3. The summed E-state index contributed by atoms with van der Waals surface area (Å²) in [5, 5.41) is 28.7. The molecular formula is C25H32O4. The fourth-order valence-corrected chi connectivity index (χ4v) is 3.01. The first-order valence-corrected chi connectivity index (χ1v) is 10.2. The normalized spacial score (nSPS) is 12.7. The quantitative estimate of drug-likeness (QED) is 0.384. The van der Waals surface area contributed by atoms with Gasteiger partial charge in [-0.05, 0) is 54.2 Å². The molecule has 156 valence electrons. The lowest BCUT2D eigenvalue weighted by molar-refractivity contribution is -0.0425. The molecule has 0 aliphatic heterocycles. The minimum atomic E-state index is -1.47. The molecule has 0 saturated carbocycles. The summed E-state index contributed by atoms with van der Waals surface area (Å²) in [6.45, 7) is 6.52. The molecule has 0 bridgehead atoms. The fraction of sp³-hybridized carbons (Fsp3) is 0.360. The van der Waals surface area contributed by atoms with Gasteiger partial charge in [0.2, 0.25) is 0 Å². The minimum absolute atomic E-state index is 0.424. The molecule has 0 spiro atoms. The van der Waals surface area contributed by atoms with Gasteiger partial charge in [0.05, 0.1) is 5.60 Å². The molecule has 0 radical (unpaired) electrons. The number of rotatable bonds is 10. The lowest BCUT2D eigenvalue weighted by atomic mass is 9.96. The Morgan fingerprint density at radius 3 is 2.31 bits per heavy atom. The molecule has 0 unspecified atom stereocenters. The lowest BCUT2D eigenvalue weighted by Crippen LogP contribution is -2.22. The molecule has 0 atom stereocenters. The van der Waals surface area contributed by atoms with Crippen LogP contribution in [0.25, 0.3) is 5.57 Å². The summed E-state index contributed by atoms with van der Waals surface area (Å²) in [6, 6.07) is 14.9. The van der Waals surface area contributed by atoms with Gasteiger partial charge in [0.1, 0.15) is 12.4 Å². The maximum atomic E-state index is 10.4. The topological polar surface area (TPSA) is 69.9 Å². The van der Waals surface area contributed by atoms with E-state index in [0.29, 0.717) is 30.8 Å². The van der Waals surface area contributed by atoms with Crippen molar-refractivity contribution in [1.29, 1.82) is 0 Å². The van der Waals surface area contributed by atoms with Crippen molar-refractivity contribution in [3.63, 3.8) is 0 Å². The van der Waals surface area contributed by atoms with Crippen LogP contribution in [0, 0.1) is 0 Å². The molecule has 0 heterocycles. The zero-order valence-corrected chi connectivity index (χ0v) is 17.5. The van der Waals surface area contributed by atoms with E-state index in [0.717, 1.165) is 17.5 Å². The van der Waals surface area contributed by atoms with Gasteiger partial charge in [-0.25, -0.2) is 0 Å². The van der Waals surface area contributed by atoms with Crippen LogP contribution in [0.1, 0.15) is 63.0 Å². The predicted molar refractivity (Wildman–Crippen MR) is 117 cm³/mol. The van der Waals surface area contributed by atoms with Crippen LogP contribution >= 0.6 is 0 Å². The Bertz CT molecular complexity index is 815. The Labute approximate surface area is 173 Å². The molecular weight excluding hydrogens is 364 g/mol. The molecule has 2 rings (SSSR count). The van der Waals surface area contributed by atoms with Gasteiger partial charge in [-0.15, -0.1) is 0 Å². The Morgan fingerprint density at radius 1 is 1.03 bits per heavy atom. The fourth-order valence-electron chi connectivity index (χ4n) is 3.01. The summed E-state index contributed by atoms with van der Waals surface area (Å²) in [5.41, 5.74) is 3.07. The third-order valence-corrected chi connectivity index (χ3v) is 5.19. The molecule has 0 saturated heterocycles. The number of ether oxygens (including phenoxy) is 1. The monoisotopic (exact) mass is 396 g/mol. The molecule has 0 aromatic heterocycles. The summed E-state index contributed by atoms with van der Waals surface area (Å²) in [6.07, 6.45) is 6.70. The molecule has 29 heavy (non-hydrogen) atoms. The average molecular weight is 397 g/mol. The molecule has 3 N–H and O–H groups in total. The van der Waals surface area contributed by atoms with Gasteiger partial charge in [-0.2, -0.15) is 0 Å². The van der Waals surface area contributed by atoms with Crippen LogP contribution < -0.4 is 4.74 Å². The van der Waals surface area contributed by atoms with Crippen LogP contribution in [-0.4, -0.2) is 20.9 Å². The van der Waals surface area contributed by atoms with Crippen molar-refractivity contribution in [2.45, 2.75) is 58.5 Å². The third-order valence-electron chi connectivity index (χ3n) is 5.19. The van der Waals surface area contributed by atoms with Crippen molar-refractivity contribution in [3.8, 4) is 5.75 Å². The minimum Gasteiger partial charge on any atom is -0.489 e. The second kappa shape index (κ2) is 11.0. The third kappa shape index (κ3) is 6.86. The van der Waals surface area contributed by atoms with Crippen molar-refractivity contribution < 1.29 is 20.1 Å². The van der Waals surface area contributed by atoms with Gasteiger partial charge in [-0.3, -0.25) is 0 Å². The van der Waals surface area contributed by atoms with Crippen LogP contribution in [0.3, 0.4) is 0 Å². The molecule has 0 aliphatic carbocycles. The van der Waals surface area contributed by atoms with Crippen molar-refractivity contribution >= 4 is 5.57 Å². The van der Waals surface area contributed by atoms with E-state index >= 15 is 0 Å². The number of benzene rings is 2. The van der Waals surface area contributed by atoms with E-state index in [2.05, 4.69) is 25.1 Å². The zero-order chi connectivity index (χ0) is 21.3. The van der Waals surface area contributed by atoms with Gasteiger partial charge >= 0.3 is 0 Å². The highest BCUT2D eigenvalue weighted by molar-refractivity contribution is 5.67. The van der Waals surface area contributed by atoms with Gasteiger partial charge in [-0.1, -0.05) is 69.3 Å². The standard InChI is InChI=1S/C25H32O4/c1-4-20(11-8-16-25(28,5-2)6-3)22-10-7-9-19(17-22)18-29-23-14-12-21(13-15-23)24(26)27/h7-17,24,26-28H,4-6,18H2,1-3H3. The van der Waals surface area contributed by atoms with Crippen molar-refractivity contribution in [2.24, 2.45) is 0 Å². The van der Waals surface area contributed by atoms with Crippen LogP contribution in [0.4, 0.5) is 0 Å². The van der Waals surface area contributed by atoms with Crippen LogP contribution in [-0.2, 0) is 6.61 Å². The summed E-state index contributed by atoms with van der Waals surface area (Å²) in [7, 11) is 0. The van der Waals surface area contributed by atoms with E-state index in [1.807, 2.05) is 38.1 Å². The highest BCUT2D eigenvalue weighted by Gasteiger charge is 2.16. The van der Waals surface area contributed by atoms with Crippen LogP contribution in [0.2, 0.25) is 0 Å². The largest absolute Gasteiger partial charge is 0.489 e. The Morgan fingerprint density at radius 2 is 1.72 bits per heavy atom. The van der Waals surface area contributed by atoms with E-state index < -0.39 is 11.9 Å². The van der Waals surface area contributed by atoms with E-state index in [9.17, 15) is 5.11 Å². The highest BCUT2D eigenvalue weighted by Crippen LogP contribution is 2.22. The van der Waals surface area contributed by atoms with Gasteiger partial charge in [0, 0.05) is 5.56 Å². The van der Waals surface area contributed by atoms with E-state index in [-0.39, 0.29) is 0 Å². The zero-order valence-electron chi connectivity index (χ0n) is 17.5. The highest BCUT2D eigenvalue weighted by atomic mass is 16.5. The molecule has 4 heteroatoms. The smallest absolute Gasteiger partial charge is 0.178 e. The van der Waals surface area contributed by atoms with Gasteiger partial charge < -0.3 is 20.1 Å². The van der Waals surface area contributed by atoms with E-state index in [1.54, 1.807) is 24.3 Å². The first kappa shape index (κ1) is 22.9. The van der Waals surface area contributed by atoms with Crippen LogP contribution in [0.5, 0.6) is 5.75 Å². The molecule has 0 aliphatic rings. The second-order valence-electron chi connectivity index (χ2n) is 7.15. The van der Waals surface area contributed by atoms with Gasteiger partial charge in [0.15, 0.2) is 6.29 Å². The molecule has 0 fully saturated rings.